The van der Waals surface area contributed by atoms with E-state index in [0.29, 0.717) is 5.56 Å². The van der Waals surface area contributed by atoms with Crippen LogP contribution in [-0.2, 0) is 4.79 Å². The molecule has 0 radical (unpaired) electrons. The third-order valence-corrected chi connectivity index (χ3v) is 4.51. The fourth-order valence-electron chi connectivity index (χ4n) is 3.21. The van der Waals surface area contributed by atoms with Crippen LogP contribution in [0, 0.1) is 0 Å². The first-order chi connectivity index (χ1) is 12.7. The molecule has 5 nitrogen and oxygen atoms in total. The number of nitrogens with zero attached hydrogens (tertiary/aromatic N) is 1. The van der Waals surface area contributed by atoms with Gasteiger partial charge in [-0.1, -0.05) is 37.1 Å². The zero-order valence-corrected chi connectivity index (χ0v) is 14.6. The van der Waals surface area contributed by atoms with Gasteiger partial charge in [-0.15, -0.1) is 0 Å². The number of carboxylic acid groups (broad SMARTS) is 1. The summed E-state index contributed by atoms with van der Waals surface area (Å²) in [6.07, 6.45) is 10.3. The highest BCUT2D eigenvalue weighted by atomic mass is 16.4. The Balaban J connectivity index is 1.78. The highest BCUT2D eigenvalue weighted by Crippen LogP contribution is 2.35. The van der Waals surface area contributed by atoms with E-state index in [2.05, 4.69) is 16.4 Å². The van der Waals surface area contributed by atoms with E-state index in [9.17, 15) is 9.59 Å². The molecule has 2 heterocycles. The zero-order valence-electron chi connectivity index (χ0n) is 14.6. The second kappa shape index (κ2) is 8.43. The predicted octanol–water partition coefficient (Wildman–Crippen LogP) is 4.50. The topological polar surface area (TPSA) is 79.3 Å². The van der Waals surface area contributed by atoms with Crippen molar-refractivity contribution in [2.24, 2.45) is 0 Å². The van der Waals surface area contributed by atoms with E-state index in [-0.39, 0.29) is 12.3 Å². The van der Waals surface area contributed by atoms with E-state index < -0.39 is 5.97 Å². The van der Waals surface area contributed by atoms with Crippen molar-refractivity contribution in [2.45, 2.75) is 38.5 Å². The number of hydrogen-bond donors (Lipinski definition) is 2. The maximum Gasteiger partial charge on any atom is 0.303 e. The van der Waals surface area contributed by atoms with E-state index in [1.54, 1.807) is 18.5 Å². The van der Waals surface area contributed by atoms with E-state index in [1.807, 2.05) is 24.3 Å². The second-order valence-electron chi connectivity index (χ2n) is 6.39. The van der Waals surface area contributed by atoms with Crippen LogP contribution in [0.3, 0.4) is 0 Å². The number of amides is 1. The number of para-hydroxylation sites is 1. The third kappa shape index (κ3) is 4.17. The Labute approximate surface area is 152 Å². The summed E-state index contributed by atoms with van der Waals surface area (Å²) >= 11 is 0. The molecule has 0 spiro atoms. The van der Waals surface area contributed by atoms with Crippen LogP contribution >= 0.6 is 0 Å². The minimum Gasteiger partial charge on any atom is -0.481 e. The van der Waals surface area contributed by atoms with Crippen molar-refractivity contribution >= 4 is 23.1 Å². The van der Waals surface area contributed by atoms with E-state index in [1.165, 1.54) is 0 Å². The molecule has 0 aliphatic carbocycles. The number of unbranched alkanes of at least 4 members (excludes halogenated alkanes) is 4. The quantitative estimate of drug-likeness (QED) is 0.720. The van der Waals surface area contributed by atoms with Crippen LogP contribution in [0.2, 0.25) is 0 Å². The largest absolute Gasteiger partial charge is 0.481 e. The van der Waals surface area contributed by atoms with Crippen LogP contribution in [0.1, 0.15) is 60.0 Å². The number of fused-ring (bicyclic) bond motifs is 2. The number of carbonyl (C=O) groups excluding carboxylic acids is 1. The number of carbonyl (C=O) groups is 2. The van der Waals surface area contributed by atoms with Gasteiger partial charge in [0, 0.05) is 35.6 Å². The van der Waals surface area contributed by atoms with E-state index in [4.69, 9.17) is 5.11 Å². The van der Waals surface area contributed by atoms with Gasteiger partial charge >= 0.3 is 5.97 Å². The molecule has 134 valence electrons. The number of nitrogens with one attached hydrogen (secondary N) is 1. The number of allylic oxidation sites excluding steroid dienone is 1. The standard InChI is InChI=1S/C21H22N2O3/c24-20(25)11-5-3-1-2-4-8-15-16-9-6-7-10-19(16)23-21(26)17-12-13-22-14-18(15)17/h6-10,12-14H,1-5,11H2,(H,23,26)(H,24,25). The molecular weight excluding hydrogens is 328 g/mol. The van der Waals surface area contributed by atoms with Crippen LogP contribution in [-0.4, -0.2) is 22.0 Å². The first-order valence-electron chi connectivity index (χ1n) is 8.94. The predicted molar refractivity (Wildman–Crippen MR) is 101 cm³/mol. The number of pyridine rings is 1. The molecule has 1 aromatic carbocycles. The van der Waals surface area contributed by atoms with Gasteiger partial charge in [0.15, 0.2) is 0 Å². The molecule has 0 saturated heterocycles. The van der Waals surface area contributed by atoms with Crippen LogP contribution in [0.15, 0.2) is 48.8 Å². The fraction of sp³-hybridized carbons (Fsp3) is 0.286. The second-order valence-corrected chi connectivity index (χ2v) is 6.39. The lowest BCUT2D eigenvalue weighted by Gasteiger charge is -2.10. The van der Waals surface area contributed by atoms with Crippen molar-refractivity contribution in [3.8, 4) is 0 Å². The van der Waals surface area contributed by atoms with Crippen molar-refractivity contribution in [1.82, 2.24) is 4.98 Å². The Hall–Kier alpha value is -2.95. The average Bonchev–Trinajstić information content (AvgIpc) is 2.76. The van der Waals surface area contributed by atoms with Crippen LogP contribution in [0.4, 0.5) is 5.69 Å². The van der Waals surface area contributed by atoms with Gasteiger partial charge in [0.05, 0.1) is 5.56 Å². The number of carboxylic acids is 1. The molecule has 1 aromatic heterocycles. The maximum atomic E-state index is 12.5. The Morgan fingerprint density at radius 2 is 1.85 bits per heavy atom. The first-order valence-corrected chi connectivity index (χ1v) is 8.94. The molecule has 2 aromatic rings. The number of benzene rings is 1. The number of anilines is 1. The van der Waals surface area contributed by atoms with Gasteiger partial charge in [-0.3, -0.25) is 14.6 Å². The number of aromatic nitrogens is 1. The molecule has 0 fully saturated rings. The van der Waals surface area contributed by atoms with Gasteiger partial charge in [-0.05, 0) is 37.0 Å². The average molecular weight is 350 g/mol. The number of rotatable bonds is 7. The molecule has 5 heteroatoms. The number of hydrogen-bond acceptors (Lipinski definition) is 3. The summed E-state index contributed by atoms with van der Waals surface area (Å²) in [6.45, 7) is 0. The summed E-state index contributed by atoms with van der Waals surface area (Å²) in [5.74, 6) is -0.852. The Morgan fingerprint density at radius 1 is 1.04 bits per heavy atom. The molecule has 2 N–H and O–H groups in total. The van der Waals surface area contributed by atoms with Gasteiger partial charge in [0.25, 0.3) is 5.91 Å². The molecule has 1 aliphatic rings. The first kappa shape index (κ1) is 17.9. The SMILES string of the molecule is O=C(O)CCCCCCC=C1c2ccccc2NC(=O)c2ccncc21. The summed E-state index contributed by atoms with van der Waals surface area (Å²) in [4.78, 5) is 27.2. The molecular formula is C21H22N2O3. The molecule has 0 bridgehead atoms. The Morgan fingerprint density at radius 3 is 2.69 bits per heavy atom. The summed E-state index contributed by atoms with van der Waals surface area (Å²) in [7, 11) is 0. The zero-order chi connectivity index (χ0) is 18.4. The highest BCUT2D eigenvalue weighted by Gasteiger charge is 2.22. The van der Waals surface area contributed by atoms with Gasteiger partial charge in [0.2, 0.25) is 0 Å². The molecule has 1 amide bonds. The van der Waals surface area contributed by atoms with Gasteiger partial charge in [-0.2, -0.15) is 0 Å². The molecule has 0 unspecified atom stereocenters. The molecule has 1 aliphatic heterocycles. The van der Waals surface area contributed by atoms with Gasteiger partial charge < -0.3 is 10.4 Å². The number of aliphatic carboxylic acids is 1. The van der Waals surface area contributed by atoms with Crippen LogP contribution in [0.25, 0.3) is 5.57 Å². The van der Waals surface area contributed by atoms with Gasteiger partial charge in [0.1, 0.15) is 0 Å². The van der Waals surface area contributed by atoms with Crippen LogP contribution < -0.4 is 5.32 Å². The van der Waals surface area contributed by atoms with Crippen molar-refractivity contribution in [3.05, 3.63) is 65.5 Å². The lowest BCUT2D eigenvalue weighted by Crippen LogP contribution is -2.11. The van der Waals surface area contributed by atoms with Crippen LogP contribution in [0.5, 0.6) is 0 Å². The fourth-order valence-corrected chi connectivity index (χ4v) is 3.21. The Kier molecular flexibility index (Phi) is 5.79. The third-order valence-electron chi connectivity index (χ3n) is 4.51. The van der Waals surface area contributed by atoms with Crippen molar-refractivity contribution in [2.75, 3.05) is 5.32 Å². The van der Waals surface area contributed by atoms with Gasteiger partial charge in [-0.25, -0.2) is 0 Å². The summed E-state index contributed by atoms with van der Waals surface area (Å²) in [6, 6.07) is 9.54. The lowest BCUT2D eigenvalue weighted by atomic mass is 9.94. The minimum atomic E-state index is -0.733. The maximum absolute atomic E-state index is 12.5. The summed E-state index contributed by atoms with van der Waals surface area (Å²) < 4.78 is 0. The smallest absolute Gasteiger partial charge is 0.303 e. The molecule has 26 heavy (non-hydrogen) atoms. The van der Waals surface area contributed by atoms with Crippen molar-refractivity contribution in [3.63, 3.8) is 0 Å². The van der Waals surface area contributed by atoms with Crippen molar-refractivity contribution < 1.29 is 14.7 Å². The molecule has 0 atom stereocenters. The normalized spacial score (nSPS) is 14.3. The summed E-state index contributed by atoms with van der Waals surface area (Å²) in [5, 5.41) is 11.6. The lowest BCUT2D eigenvalue weighted by molar-refractivity contribution is -0.137. The minimum absolute atomic E-state index is 0.119. The van der Waals surface area contributed by atoms with Crippen molar-refractivity contribution in [1.29, 1.82) is 0 Å². The monoisotopic (exact) mass is 350 g/mol. The van der Waals surface area contributed by atoms with E-state index >= 15 is 0 Å². The molecule has 0 saturated carbocycles. The Bertz CT molecular complexity index is 843. The summed E-state index contributed by atoms with van der Waals surface area (Å²) in [5.41, 5.74) is 4.30. The van der Waals surface area contributed by atoms with E-state index in [0.717, 1.165) is 54.5 Å². The highest BCUT2D eigenvalue weighted by molar-refractivity contribution is 6.12. The molecule has 3 rings (SSSR count).